The Bertz CT molecular complexity index is 616. The molecule has 0 aliphatic rings. The molecule has 26 heavy (non-hydrogen) atoms. The lowest BCUT2D eigenvalue weighted by Crippen LogP contribution is -2.50. The predicted octanol–water partition coefficient (Wildman–Crippen LogP) is 1.54. The van der Waals surface area contributed by atoms with Crippen LogP contribution in [0.5, 0.6) is 0 Å². The van der Waals surface area contributed by atoms with E-state index < -0.39 is 23.5 Å². The minimum Gasteiger partial charge on any atom is -0.467 e. The van der Waals surface area contributed by atoms with Gasteiger partial charge in [-0.25, -0.2) is 4.79 Å². The van der Waals surface area contributed by atoms with Gasteiger partial charge in [-0.15, -0.1) is 0 Å². The Morgan fingerprint density at radius 2 is 1.81 bits per heavy atom. The van der Waals surface area contributed by atoms with E-state index in [0.717, 1.165) is 5.56 Å². The van der Waals surface area contributed by atoms with Gasteiger partial charge in [-0.05, 0) is 31.7 Å². The van der Waals surface area contributed by atoms with Gasteiger partial charge in [0.1, 0.15) is 18.2 Å². The summed E-state index contributed by atoms with van der Waals surface area (Å²) in [5.41, 5.74) is 5.65. The van der Waals surface area contributed by atoms with Gasteiger partial charge in [0.2, 0.25) is 5.91 Å². The average Bonchev–Trinajstić information content (AvgIpc) is 2.58. The van der Waals surface area contributed by atoms with Crippen molar-refractivity contribution in [2.45, 2.75) is 51.8 Å². The predicted molar refractivity (Wildman–Crippen MR) is 96.8 cm³/mol. The van der Waals surface area contributed by atoms with Crippen molar-refractivity contribution in [3.8, 4) is 0 Å². The van der Waals surface area contributed by atoms with Crippen LogP contribution in [0.4, 0.5) is 0 Å². The first-order valence-corrected chi connectivity index (χ1v) is 8.51. The second kappa shape index (κ2) is 9.91. The van der Waals surface area contributed by atoms with Crippen LogP contribution in [0.3, 0.4) is 0 Å². The second-order valence-electron chi connectivity index (χ2n) is 6.91. The third-order valence-electron chi connectivity index (χ3n) is 3.86. The van der Waals surface area contributed by atoms with Crippen LogP contribution in [0, 0.1) is 5.92 Å². The van der Waals surface area contributed by atoms with Gasteiger partial charge < -0.3 is 20.5 Å². The fourth-order valence-corrected chi connectivity index (χ4v) is 2.47. The summed E-state index contributed by atoms with van der Waals surface area (Å²) in [6.45, 7) is 5.10. The summed E-state index contributed by atoms with van der Waals surface area (Å²) in [6, 6.07) is 8.50. The van der Waals surface area contributed by atoms with Crippen LogP contribution >= 0.6 is 0 Å². The summed E-state index contributed by atoms with van der Waals surface area (Å²) in [7, 11) is 1.26. The van der Waals surface area contributed by atoms with E-state index in [2.05, 4.69) is 10.1 Å². The Morgan fingerprint density at radius 1 is 1.19 bits per heavy atom. The van der Waals surface area contributed by atoms with Gasteiger partial charge >= 0.3 is 11.9 Å². The minimum absolute atomic E-state index is 0.139. The molecule has 144 valence electrons. The Labute approximate surface area is 154 Å². The topological polar surface area (TPSA) is 108 Å². The third kappa shape index (κ3) is 7.23. The van der Waals surface area contributed by atoms with E-state index in [4.69, 9.17) is 10.5 Å². The van der Waals surface area contributed by atoms with Gasteiger partial charge in [0.05, 0.1) is 7.11 Å². The number of nitrogens with one attached hydrogen (secondary N) is 1. The SMILES string of the molecule is COC(=O)C(C)(C)NC(=O)C[C@@H](C)C[C@H](N)C(=O)OCc1ccccc1. The molecule has 1 amide bonds. The molecule has 0 aromatic heterocycles. The van der Waals surface area contributed by atoms with Crippen molar-refractivity contribution in [1.29, 1.82) is 0 Å². The Hall–Kier alpha value is -2.41. The van der Waals surface area contributed by atoms with Crippen LogP contribution in [-0.4, -0.2) is 36.5 Å². The maximum absolute atomic E-state index is 12.1. The lowest BCUT2D eigenvalue weighted by Gasteiger charge is -2.24. The first-order chi connectivity index (χ1) is 12.2. The molecule has 0 fully saturated rings. The zero-order chi connectivity index (χ0) is 19.7. The average molecular weight is 364 g/mol. The zero-order valence-corrected chi connectivity index (χ0v) is 15.8. The summed E-state index contributed by atoms with van der Waals surface area (Å²) in [6.07, 6.45) is 0.444. The van der Waals surface area contributed by atoms with Crippen LogP contribution < -0.4 is 11.1 Å². The van der Waals surface area contributed by atoms with E-state index in [1.54, 1.807) is 13.8 Å². The summed E-state index contributed by atoms with van der Waals surface area (Å²) >= 11 is 0. The third-order valence-corrected chi connectivity index (χ3v) is 3.86. The summed E-state index contributed by atoms with van der Waals surface area (Å²) in [5.74, 6) is -1.49. The number of hydrogen-bond acceptors (Lipinski definition) is 6. The molecule has 0 spiro atoms. The molecule has 0 unspecified atom stereocenters. The fourth-order valence-electron chi connectivity index (χ4n) is 2.47. The van der Waals surface area contributed by atoms with Crippen LogP contribution in [0.1, 0.15) is 39.2 Å². The molecule has 7 nitrogen and oxygen atoms in total. The van der Waals surface area contributed by atoms with Crippen LogP contribution in [0.2, 0.25) is 0 Å². The van der Waals surface area contributed by atoms with E-state index in [9.17, 15) is 14.4 Å². The van der Waals surface area contributed by atoms with Gasteiger partial charge in [0.15, 0.2) is 0 Å². The van der Waals surface area contributed by atoms with E-state index in [1.165, 1.54) is 7.11 Å². The number of carbonyl (C=O) groups is 3. The molecule has 3 N–H and O–H groups in total. The van der Waals surface area contributed by atoms with Gasteiger partial charge in [-0.2, -0.15) is 0 Å². The zero-order valence-electron chi connectivity index (χ0n) is 15.8. The molecule has 0 aliphatic carbocycles. The van der Waals surface area contributed by atoms with Gasteiger partial charge in [0.25, 0.3) is 0 Å². The monoisotopic (exact) mass is 364 g/mol. The number of rotatable bonds is 9. The molecular weight excluding hydrogens is 336 g/mol. The number of methoxy groups -OCH3 is 1. The van der Waals surface area contributed by atoms with Crippen molar-refractivity contribution in [1.82, 2.24) is 5.32 Å². The fraction of sp³-hybridized carbons (Fsp3) is 0.526. The largest absolute Gasteiger partial charge is 0.467 e. The van der Waals surface area contributed by atoms with Gasteiger partial charge in [-0.1, -0.05) is 37.3 Å². The molecule has 0 saturated carbocycles. The number of benzene rings is 1. The maximum Gasteiger partial charge on any atom is 0.330 e. The van der Waals surface area contributed by atoms with E-state index >= 15 is 0 Å². The first kappa shape index (κ1) is 21.6. The highest BCUT2D eigenvalue weighted by molar-refractivity contribution is 5.87. The van der Waals surface area contributed by atoms with Crippen molar-refractivity contribution in [2.75, 3.05) is 7.11 Å². The molecule has 2 atom stereocenters. The minimum atomic E-state index is -1.11. The quantitative estimate of drug-likeness (QED) is 0.644. The van der Waals surface area contributed by atoms with Crippen molar-refractivity contribution < 1.29 is 23.9 Å². The number of amides is 1. The van der Waals surface area contributed by atoms with Crippen molar-refractivity contribution in [3.63, 3.8) is 0 Å². The number of ether oxygens (including phenoxy) is 2. The highest BCUT2D eigenvalue weighted by atomic mass is 16.5. The van der Waals surface area contributed by atoms with Crippen molar-refractivity contribution in [3.05, 3.63) is 35.9 Å². The molecule has 7 heteroatoms. The molecule has 1 rings (SSSR count). The number of nitrogens with two attached hydrogens (primary N) is 1. The highest BCUT2D eigenvalue weighted by Gasteiger charge is 2.31. The summed E-state index contributed by atoms with van der Waals surface area (Å²) in [4.78, 5) is 35.7. The van der Waals surface area contributed by atoms with Crippen LogP contribution in [-0.2, 0) is 30.5 Å². The smallest absolute Gasteiger partial charge is 0.330 e. The molecule has 0 bridgehead atoms. The maximum atomic E-state index is 12.1. The summed E-state index contributed by atoms with van der Waals surface area (Å²) < 4.78 is 9.84. The molecule has 0 radical (unpaired) electrons. The lowest BCUT2D eigenvalue weighted by atomic mass is 9.97. The lowest BCUT2D eigenvalue weighted by molar-refractivity contribution is -0.149. The molecule has 1 aromatic rings. The highest BCUT2D eigenvalue weighted by Crippen LogP contribution is 2.13. The standard InChI is InChI=1S/C19H28N2O5/c1-13(11-16(22)21-19(2,3)18(24)25-4)10-15(20)17(23)26-12-14-8-6-5-7-9-14/h5-9,13,15H,10-12,20H2,1-4H3,(H,21,22)/t13-,15-/m0/s1. The molecule has 0 aliphatic heterocycles. The van der Waals surface area contributed by atoms with Crippen LogP contribution in [0.15, 0.2) is 30.3 Å². The Morgan fingerprint density at radius 3 is 2.38 bits per heavy atom. The molecule has 0 heterocycles. The van der Waals surface area contributed by atoms with E-state index in [1.807, 2.05) is 37.3 Å². The second-order valence-corrected chi connectivity index (χ2v) is 6.91. The van der Waals surface area contributed by atoms with E-state index in [0.29, 0.717) is 6.42 Å². The summed E-state index contributed by atoms with van der Waals surface area (Å²) in [5, 5.41) is 2.62. The van der Waals surface area contributed by atoms with Crippen molar-refractivity contribution >= 4 is 17.8 Å². The number of hydrogen-bond donors (Lipinski definition) is 2. The normalized spacial score (nSPS) is 13.4. The van der Waals surface area contributed by atoms with Gasteiger partial charge in [0, 0.05) is 6.42 Å². The first-order valence-electron chi connectivity index (χ1n) is 8.51. The number of carbonyl (C=O) groups excluding carboxylic acids is 3. The molecular formula is C19H28N2O5. The Kier molecular flexibility index (Phi) is 8.25. The van der Waals surface area contributed by atoms with Gasteiger partial charge in [-0.3, -0.25) is 9.59 Å². The number of esters is 2. The Balaban J connectivity index is 2.41. The van der Waals surface area contributed by atoms with E-state index in [-0.39, 0.29) is 24.9 Å². The van der Waals surface area contributed by atoms with Crippen LogP contribution in [0.25, 0.3) is 0 Å². The molecule has 0 saturated heterocycles. The molecule has 1 aromatic carbocycles. The van der Waals surface area contributed by atoms with Crippen molar-refractivity contribution in [2.24, 2.45) is 11.7 Å².